The number of para-hydroxylation sites is 1. The Morgan fingerprint density at radius 3 is 1.75 bits per heavy atom. The first-order valence-corrected chi connectivity index (χ1v) is 17.4. The lowest BCUT2D eigenvalue weighted by Gasteiger charge is -2.19. The molecule has 52 heavy (non-hydrogen) atoms. The van der Waals surface area contributed by atoms with E-state index in [1.807, 2.05) is 48.5 Å². The zero-order chi connectivity index (χ0) is 36.2. The van der Waals surface area contributed by atoms with Crippen LogP contribution in [0.3, 0.4) is 0 Å². The Kier molecular flexibility index (Phi) is 15.0. The molecule has 0 aliphatic heterocycles. The van der Waals surface area contributed by atoms with Crippen LogP contribution >= 0.6 is 0 Å². The Balaban J connectivity index is 1.14. The third-order valence-electron chi connectivity index (χ3n) is 8.15. The van der Waals surface area contributed by atoms with Gasteiger partial charge in [-0.1, -0.05) is 91.0 Å². The van der Waals surface area contributed by atoms with E-state index in [4.69, 9.17) is 18.9 Å². The van der Waals surface area contributed by atoms with Gasteiger partial charge in [0.15, 0.2) is 11.5 Å². The van der Waals surface area contributed by atoms with Gasteiger partial charge in [-0.3, -0.25) is 4.79 Å². The smallest absolute Gasteiger partial charge is 0.251 e. The molecule has 0 atom stereocenters. The molecule has 0 unspecified atom stereocenters. The summed E-state index contributed by atoms with van der Waals surface area (Å²) in [5.74, 6) is 2.65. The summed E-state index contributed by atoms with van der Waals surface area (Å²) in [6, 6.07) is 35.9. The van der Waals surface area contributed by atoms with E-state index < -0.39 is 0 Å². The molecule has 12 heteroatoms. The quantitative estimate of drug-likeness (QED) is 0.0630. The Bertz CT molecular complexity index is 1740. The van der Waals surface area contributed by atoms with Crippen molar-refractivity contribution in [1.29, 1.82) is 0 Å². The van der Waals surface area contributed by atoms with Gasteiger partial charge in [0.25, 0.3) is 5.91 Å². The lowest BCUT2D eigenvalue weighted by atomic mass is 9.88. The van der Waals surface area contributed by atoms with Crippen molar-refractivity contribution in [2.75, 3.05) is 76.2 Å². The van der Waals surface area contributed by atoms with Gasteiger partial charge in [0.05, 0.1) is 40.6 Å². The van der Waals surface area contributed by atoms with Crippen LogP contribution in [0.2, 0.25) is 0 Å². The molecule has 0 bridgehead atoms. The third-order valence-corrected chi connectivity index (χ3v) is 8.15. The monoisotopic (exact) mass is 705 g/mol. The molecule has 0 saturated carbocycles. The summed E-state index contributed by atoms with van der Waals surface area (Å²) in [4.78, 5) is 26.1. The lowest BCUT2D eigenvalue weighted by Crippen LogP contribution is -2.27. The van der Waals surface area contributed by atoms with Crippen molar-refractivity contribution in [2.45, 2.75) is 18.9 Å². The highest BCUT2D eigenvalue weighted by molar-refractivity contribution is 5.94. The van der Waals surface area contributed by atoms with Crippen LogP contribution in [0.4, 0.5) is 17.8 Å². The van der Waals surface area contributed by atoms with Gasteiger partial charge >= 0.3 is 0 Å². The number of anilines is 3. The number of hydrogen-bond donors (Lipinski definition) is 4. The van der Waals surface area contributed by atoms with Crippen LogP contribution in [0, 0.1) is 0 Å². The molecule has 1 aromatic heterocycles. The number of amides is 1. The van der Waals surface area contributed by atoms with Crippen LogP contribution < -0.4 is 30.7 Å². The number of ether oxygens (including phenoxy) is 4. The predicted octanol–water partition coefficient (Wildman–Crippen LogP) is 6.01. The highest BCUT2D eigenvalue weighted by atomic mass is 16.5. The van der Waals surface area contributed by atoms with Gasteiger partial charge in [-0.25, -0.2) is 0 Å². The summed E-state index contributed by atoms with van der Waals surface area (Å²) in [5.41, 5.74) is 4.03. The molecule has 4 N–H and O–H groups in total. The molecule has 1 heterocycles. The first-order valence-electron chi connectivity index (χ1n) is 17.4. The maximum Gasteiger partial charge on any atom is 0.251 e. The number of benzene rings is 4. The number of carbonyl (C=O) groups excluding carboxylic acids is 1. The zero-order valence-electron chi connectivity index (χ0n) is 29.7. The standard InChI is InChI=1S/C40H47N7O5/c1-49-35-20-12-19-33(36(35)50-2)29-44-40-46-38(42-22-21-34(30-13-6-3-7-14-30)31-15-8-4-9-16-31)45-39(47-40)43-24-26-52-28-27-51-25-23-41-37(48)32-17-10-5-11-18-32/h3-20,34H,21-29H2,1-2H3,(H,41,48)(H3,42,43,44,45,46,47). The van der Waals surface area contributed by atoms with E-state index >= 15 is 0 Å². The minimum Gasteiger partial charge on any atom is -0.493 e. The van der Waals surface area contributed by atoms with Gasteiger partial charge in [0, 0.05) is 43.2 Å². The molecule has 5 rings (SSSR count). The van der Waals surface area contributed by atoms with E-state index in [-0.39, 0.29) is 11.8 Å². The van der Waals surface area contributed by atoms with Crippen LogP contribution in [0.1, 0.15) is 39.4 Å². The molecule has 12 nitrogen and oxygen atoms in total. The molecule has 0 saturated heterocycles. The Morgan fingerprint density at radius 1 is 0.596 bits per heavy atom. The second kappa shape index (κ2) is 20.8. The maximum atomic E-state index is 12.1. The average molecular weight is 706 g/mol. The van der Waals surface area contributed by atoms with Crippen molar-refractivity contribution < 1.29 is 23.7 Å². The molecule has 0 aliphatic rings. The highest BCUT2D eigenvalue weighted by Crippen LogP contribution is 2.31. The molecule has 0 radical (unpaired) electrons. The van der Waals surface area contributed by atoms with Gasteiger partial charge in [0.2, 0.25) is 17.8 Å². The largest absolute Gasteiger partial charge is 0.493 e. The summed E-state index contributed by atoms with van der Waals surface area (Å²) in [6.07, 6.45) is 0.835. The van der Waals surface area contributed by atoms with Crippen molar-refractivity contribution in [1.82, 2.24) is 20.3 Å². The molecule has 0 aliphatic carbocycles. The fourth-order valence-electron chi connectivity index (χ4n) is 5.59. The van der Waals surface area contributed by atoms with Crippen molar-refractivity contribution in [3.63, 3.8) is 0 Å². The van der Waals surface area contributed by atoms with E-state index in [2.05, 4.69) is 84.8 Å². The van der Waals surface area contributed by atoms with Gasteiger partial charge < -0.3 is 40.2 Å². The van der Waals surface area contributed by atoms with E-state index in [1.54, 1.807) is 26.4 Å². The Hall–Kier alpha value is -5.72. The van der Waals surface area contributed by atoms with E-state index in [1.165, 1.54) is 11.1 Å². The van der Waals surface area contributed by atoms with Crippen LogP contribution in [0.5, 0.6) is 11.5 Å². The average Bonchev–Trinajstić information content (AvgIpc) is 3.20. The van der Waals surface area contributed by atoms with E-state index in [9.17, 15) is 4.79 Å². The first kappa shape index (κ1) is 37.5. The lowest BCUT2D eigenvalue weighted by molar-refractivity contribution is 0.0519. The summed E-state index contributed by atoms with van der Waals surface area (Å²) in [6.45, 7) is 3.59. The minimum absolute atomic E-state index is 0.120. The summed E-state index contributed by atoms with van der Waals surface area (Å²) >= 11 is 0. The van der Waals surface area contributed by atoms with Gasteiger partial charge in [-0.15, -0.1) is 0 Å². The van der Waals surface area contributed by atoms with Crippen LogP contribution in [0.15, 0.2) is 109 Å². The van der Waals surface area contributed by atoms with Crippen molar-refractivity contribution >= 4 is 23.8 Å². The number of carbonyl (C=O) groups is 1. The highest BCUT2D eigenvalue weighted by Gasteiger charge is 2.15. The third kappa shape index (κ3) is 11.7. The van der Waals surface area contributed by atoms with Crippen LogP contribution in [-0.2, 0) is 16.0 Å². The predicted molar refractivity (Wildman–Crippen MR) is 203 cm³/mol. The van der Waals surface area contributed by atoms with Crippen LogP contribution in [-0.4, -0.2) is 81.1 Å². The number of nitrogens with one attached hydrogen (secondary N) is 4. The second-order valence-electron chi connectivity index (χ2n) is 11.7. The summed E-state index contributed by atoms with van der Waals surface area (Å²) in [7, 11) is 3.23. The Morgan fingerprint density at radius 2 is 1.15 bits per heavy atom. The van der Waals surface area contributed by atoms with Gasteiger partial charge in [-0.2, -0.15) is 15.0 Å². The molecule has 0 fully saturated rings. The summed E-state index contributed by atoms with van der Waals surface area (Å²) in [5, 5.41) is 12.8. The molecule has 0 spiro atoms. The van der Waals surface area contributed by atoms with E-state index in [0.29, 0.717) is 87.5 Å². The molecule has 272 valence electrons. The fraction of sp³-hybridized carbons (Fsp3) is 0.300. The number of methoxy groups -OCH3 is 2. The van der Waals surface area contributed by atoms with Crippen molar-refractivity contribution in [3.8, 4) is 11.5 Å². The maximum absolute atomic E-state index is 12.1. The SMILES string of the molecule is COc1cccc(CNc2nc(NCCOCCOCCNC(=O)c3ccccc3)nc(NCCC(c3ccccc3)c3ccccc3)n2)c1OC. The Labute approximate surface area is 305 Å². The van der Waals surface area contributed by atoms with Crippen LogP contribution in [0.25, 0.3) is 0 Å². The number of rotatable bonds is 22. The molecular formula is C40H47N7O5. The first-order chi connectivity index (χ1) is 25.6. The normalized spacial score (nSPS) is 10.8. The number of hydrogen-bond acceptors (Lipinski definition) is 11. The molecule has 5 aromatic rings. The second-order valence-corrected chi connectivity index (χ2v) is 11.7. The topological polar surface area (TPSA) is 141 Å². The number of aromatic nitrogens is 3. The molecular weight excluding hydrogens is 658 g/mol. The van der Waals surface area contributed by atoms with Gasteiger partial charge in [-0.05, 0) is 35.7 Å². The van der Waals surface area contributed by atoms with Crippen molar-refractivity contribution in [3.05, 3.63) is 131 Å². The van der Waals surface area contributed by atoms with Gasteiger partial charge in [0.1, 0.15) is 0 Å². The van der Waals surface area contributed by atoms with Crippen molar-refractivity contribution in [2.24, 2.45) is 0 Å². The van der Waals surface area contributed by atoms with E-state index in [0.717, 1.165) is 12.0 Å². The summed E-state index contributed by atoms with van der Waals surface area (Å²) < 4.78 is 22.4. The zero-order valence-corrected chi connectivity index (χ0v) is 29.7. The minimum atomic E-state index is -0.120. The fourth-order valence-corrected chi connectivity index (χ4v) is 5.59. The number of nitrogens with zero attached hydrogens (tertiary/aromatic N) is 3. The molecule has 4 aromatic carbocycles. The molecule has 1 amide bonds.